The number of hydrogen-bond donors (Lipinski definition) is 2. The zero-order valence-electron chi connectivity index (χ0n) is 16.3. The van der Waals surface area contributed by atoms with Gasteiger partial charge in [0.1, 0.15) is 5.69 Å². The predicted molar refractivity (Wildman–Crippen MR) is 116 cm³/mol. The molecule has 31 heavy (non-hydrogen) atoms. The first kappa shape index (κ1) is 22.3. The Labute approximate surface area is 186 Å². The van der Waals surface area contributed by atoms with Gasteiger partial charge in [0, 0.05) is 11.6 Å². The highest BCUT2D eigenvalue weighted by atomic mass is 35.5. The molecule has 3 rings (SSSR count). The van der Waals surface area contributed by atoms with E-state index in [1.165, 1.54) is 25.1 Å². The zero-order valence-corrected chi connectivity index (χ0v) is 17.8. The molecule has 160 valence electrons. The van der Waals surface area contributed by atoms with Crippen LogP contribution in [0.2, 0.25) is 10.0 Å². The van der Waals surface area contributed by atoms with Crippen LogP contribution in [0.4, 0.5) is 4.79 Å². The van der Waals surface area contributed by atoms with Crippen molar-refractivity contribution in [2.24, 2.45) is 5.73 Å². The van der Waals surface area contributed by atoms with Crippen LogP contribution in [0.15, 0.2) is 52.1 Å². The summed E-state index contributed by atoms with van der Waals surface area (Å²) in [6, 6.07) is 10.2. The number of benzene rings is 2. The lowest BCUT2D eigenvalue weighted by Gasteiger charge is -2.11. The van der Waals surface area contributed by atoms with Crippen molar-refractivity contribution in [1.82, 2.24) is 19.7 Å². The number of aryl methyl sites for hydroxylation is 1. The summed E-state index contributed by atoms with van der Waals surface area (Å²) in [7, 11) is 0. The summed E-state index contributed by atoms with van der Waals surface area (Å²) in [5.74, 6) is -0.480. The topological polar surface area (TPSA) is 129 Å². The van der Waals surface area contributed by atoms with Crippen molar-refractivity contribution < 1.29 is 9.59 Å². The number of nitrogens with one attached hydrogen (secondary N) is 1. The van der Waals surface area contributed by atoms with Gasteiger partial charge in [-0.05, 0) is 43.2 Å². The lowest BCUT2D eigenvalue weighted by molar-refractivity contribution is 0.0954. The van der Waals surface area contributed by atoms with E-state index >= 15 is 0 Å². The monoisotopic (exact) mass is 461 g/mol. The molecule has 1 aromatic heterocycles. The minimum atomic E-state index is -1.24. The van der Waals surface area contributed by atoms with Crippen LogP contribution in [0.3, 0.4) is 0 Å². The van der Waals surface area contributed by atoms with Gasteiger partial charge in [0.15, 0.2) is 0 Å². The minimum absolute atomic E-state index is 0.0847. The molecule has 0 spiro atoms. The van der Waals surface area contributed by atoms with Crippen molar-refractivity contribution >= 4 is 35.1 Å². The standard InChI is InChI=1S/C20H17Cl2N5O4/c1-11-18(29)26(19(23)30)20(31)27(25-11)13-6-7-16(22)14(10-13)17(28)24-9-8-12-4-2-3-5-15(12)21/h2-7,10H,8-9H2,1H3,(H2,23,30)(H,24,28). The Morgan fingerprint density at radius 1 is 1.10 bits per heavy atom. The van der Waals surface area contributed by atoms with Gasteiger partial charge in [0.25, 0.3) is 11.5 Å². The van der Waals surface area contributed by atoms with Gasteiger partial charge < -0.3 is 11.1 Å². The molecule has 0 bridgehead atoms. The highest BCUT2D eigenvalue weighted by molar-refractivity contribution is 6.34. The molecule has 0 unspecified atom stereocenters. The smallest absolute Gasteiger partial charge is 0.352 e. The van der Waals surface area contributed by atoms with Crippen LogP contribution in [0, 0.1) is 6.92 Å². The fourth-order valence-corrected chi connectivity index (χ4v) is 3.30. The van der Waals surface area contributed by atoms with Crippen LogP contribution in [-0.4, -0.2) is 32.8 Å². The van der Waals surface area contributed by atoms with E-state index in [2.05, 4.69) is 10.4 Å². The van der Waals surface area contributed by atoms with Crippen molar-refractivity contribution in [2.45, 2.75) is 13.3 Å². The van der Waals surface area contributed by atoms with Crippen molar-refractivity contribution in [3.05, 3.63) is 90.2 Å². The van der Waals surface area contributed by atoms with Gasteiger partial charge in [-0.1, -0.05) is 41.4 Å². The largest absolute Gasteiger partial charge is 0.360 e. The first-order valence-corrected chi connectivity index (χ1v) is 9.80. The number of carbonyl (C=O) groups excluding carboxylic acids is 2. The maximum absolute atomic E-state index is 12.6. The average molecular weight is 462 g/mol. The molecule has 0 fully saturated rings. The maximum atomic E-state index is 12.6. The number of carbonyl (C=O) groups is 2. The van der Waals surface area contributed by atoms with Gasteiger partial charge in [-0.2, -0.15) is 14.3 Å². The zero-order chi connectivity index (χ0) is 22.7. The summed E-state index contributed by atoms with van der Waals surface area (Å²) < 4.78 is 1.07. The van der Waals surface area contributed by atoms with Crippen LogP contribution >= 0.6 is 23.2 Å². The number of nitrogens with zero attached hydrogens (tertiary/aromatic N) is 3. The fraction of sp³-hybridized carbons (Fsp3) is 0.150. The third-order valence-electron chi connectivity index (χ3n) is 4.43. The van der Waals surface area contributed by atoms with Crippen LogP contribution in [0.5, 0.6) is 0 Å². The summed E-state index contributed by atoms with van der Waals surface area (Å²) in [6.07, 6.45) is 0.506. The molecule has 0 atom stereocenters. The van der Waals surface area contributed by atoms with Gasteiger partial charge in [0.05, 0.1) is 16.3 Å². The molecule has 11 heteroatoms. The lowest BCUT2D eigenvalue weighted by Crippen LogP contribution is -2.47. The van der Waals surface area contributed by atoms with E-state index in [1.807, 2.05) is 18.2 Å². The van der Waals surface area contributed by atoms with E-state index in [0.29, 0.717) is 18.0 Å². The molecule has 3 N–H and O–H groups in total. The van der Waals surface area contributed by atoms with Gasteiger partial charge in [-0.3, -0.25) is 9.59 Å². The van der Waals surface area contributed by atoms with E-state index < -0.39 is 23.2 Å². The number of halogens is 2. The van der Waals surface area contributed by atoms with Gasteiger partial charge in [-0.15, -0.1) is 0 Å². The molecule has 0 aliphatic carbocycles. The summed E-state index contributed by atoms with van der Waals surface area (Å²) in [6.45, 7) is 1.63. The van der Waals surface area contributed by atoms with Crippen molar-refractivity contribution in [1.29, 1.82) is 0 Å². The number of nitrogens with two attached hydrogens (primary N) is 1. The average Bonchev–Trinajstić information content (AvgIpc) is 2.72. The quantitative estimate of drug-likeness (QED) is 0.599. The van der Waals surface area contributed by atoms with E-state index in [0.717, 1.165) is 10.2 Å². The van der Waals surface area contributed by atoms with Gasteiger partial charge in [0.2, 0.25) is 0 Å². The highest BCUT2D eigenvalue weighted by Gasteiger charge is 2.18. The Morgan fingerprint density at radius 2 is 1.81 bits per heavy atom. The lowest BCUT2D eigenvalue weighted by atomic mass is 10.1. The van der Waals surface area contributed by atoms with E-state index in [1.54, 1.807) is 6.07 Å². The summed E-state index contributed by atoms with van der Waals surface area (Å²) in [5.41, 5.74) is 4.13. The molecule has 2 aromatic carbocycles. The summed E-state index contributed by atoms with van der Waals surface area (Å²) in [4.78, 5) is 48.7. The molecule has 0 radical (unpaired) electrons. The SMILES string of the molecule is Cc1nn(-c2ccc(Cl)c(C(=O)NCCc3ccccc3Cl)c2)c(=O)n(C(N)=O)c1=O. The molecule has 0 aliphatic rings. The van der Waals surface area contributed by atoms with Gasteiger partial charge in [-0.25, -0.2) is 9.59 Å². The van der Waals surface area contributed by atoms with Crippen LogP contribution in [0.25, 0.3) is 5.69 Å². The Morgan fingerprint density at radius 3 is 2.48 bits per heavy atom. The number of primary amides is 1. The number of rotatable bonds is 5. The van der Waals surface area contributed by atoms with Crippen LogP contribution in [-0.2, 0) is 6.42 Å². The van der Waals surface area contributed by atoms with Crippen LogP contribution in [0.1, 0.15) is 21.6 Å². The summed E-state index contributed by atoms with van der Waals surface area (Å²) >= 11 is 12.3. The van der Waals surface area contributed by atoms with Crippen LogP contribution < -0.4 is 22.3 Å². The second-order valence-corrected chi connectivity index (χ2v) is 7.33. The first-order chi connectivity index (χ1) is 14.7. The summed E-state index contributed by atoms with van der Waals surface area (Å²) in [5, 5.41) is 7.39. The van der Waals surface area contributed by atoms with Gasteiger partial charge >= 0.3 is 11.7 Å². The third-order valence-corrected chi connectivity index (χ3v) is 5.13. The van der Waals surface area contributed by atoms with E-state index in [-0.39, 0.29) is 26.5 Å². The third kappa shape index (κ3) is 4.68. The normalized spacial score (nSPS) is 10.7. The maximum Gasteiger partial charge on any atom is 0.360 e. The fourth-order valence-electron chi connectivity index (χ4n) is 2.87. The molecule has 9 nitrogen and oxygen atoms in total. The molecule has 0 saturated heterocycles. The first-order valence-electron chi connectivity index (χ1n) is 9.05. The predicted octanol–water partition coefficient (Wildman–Crippen LogP) is 1.91. The number of amides is 2. The van der Waals surface area contributed by atoms with Crippen molar-refractivity contribution in [3.8, 4) is 5.69 Å². The van der Waals surface area contributed by atoms with Crippen molar-refractivity contribution in [3.63, 3.8) is 0 Å². The Hall–Kier alpha value is -3.43. The molecular weight excluding hydrogens is 445 g/mol. The van der Waals surface area contributed by atoms with E-state index in [4.69, 9.17) is 28.9 Å². The number of aromatic nitrogens is 3. The highest BCUT2D eigenvalue weighted by Crippen LogP contribution is 2.19. The molecule has 0 saturated carbocycles. The molecule has 2 amide bonds. The second kappa shape index (κ2) is 9.15. The molecule has 1 heterocycles. The Kier molecular flexibility index (Phi) is 6.57. The molecule has 3 aromatic rings. The molecular formula is C20H17Cl2N5O4. The Balaban J connectivity index is 1.90. The van der Waals surface area contributed by atoms with Crippen molar-refractivity contribution in [2.75, 3.05) is 6.54 Å². The minimum Gasteiger partial charge on any atom is -0.352 e. The number of hydrogen-bond acceptors (Lipinski definition) is 5. The second-order valence-electron chi connectivity index (χ2n) is 6.52. The molecule has 0 aliphatic heterocycles. The van der Waals surface area contributed by atoms with E-state index in [9.17, 15) is 19.2 Å². The Bertz CT molecular complexity index is 1300.